The molecule has 0 aromatic heterocycles. The lowest BCUT2D eigenvalue weighted by atomic mass is 10.1. The first-order valence-electron chi connectivity index (χ1n) is 6.92. The number of carbonyl (C=O) groups is 2. The van der Waals surface area contributed by atoms with Crippen molar-refractivity contribution in [3.8, 4) is 0 Å². The molecular formula is C15H24ClN3O2. The summed E-state index contributed by atoms with van der Waals surface area (Å²) in [7, 11) is 0. The van der Waals surface area contributed by atoms with Gasteiger partial charge in [-0.15, -0.1) is 12.4 Å². The number of rotatable bonds is 7. The van der Waals surface area contributed by atoms with Gasteiger partial charge in [-0.3, -0.25) is 9.59 Å². The monoisotopic (exact) mass is 313 g/mol. The Bertz CT molecular complexity index is 440. The van der Waals surface area contributed by atoms with Gasteiger partial charge in [-0.05, 0) is 18.9 Å². The maximum absolute atomic E-state index is 11.8. The summed E-state index contributed by atoms with van der Waals surface area (Å²) >= 11 is 0. The Kier molecular flexibility index (Phi) is 9.41. The second kappa shape index (κ2) is 10.2. The molecular weight excluding hydrogens is 290 g/mol. The molecule has 1 aromatic carbocycles. The normalized spacial score (nSPS) is 12.7. The zero-order valence-corrected chi connectivity index (χ0v) is 13.3. The van der Waals surface area contributed by atoms with E-state index in [1.165, 1.54) is 0 Å². The van der Waals surface area contributed by atoms with E-state index in [4.69, 9.17) is 5.73 Å². The molecule has 1 aromatic rings. The highest BCUT2D eigenvalue weighted by Gasteiger charge is 2.15. The molecule has 0 spiro atoms. The van der Waals surface area contributed by atoms with Crippen LogP contribution in [0.5, 0.6) is 0 Å². The molecule has 0 fully saturated rings. The number of benzene rings is 1. The zero-order valence-electron chi connectivity index (χ0n) is 12.5. The Labute approximate surface area is 132 Å². The minimum Gasteiger partial charge on any atom is -0.354 e. The molecule has 5 nitrogen and oxygen atoms in total. The van der Waals surface area contributed by atoms with Gasteiger partial charge in [0.1, 0.15) is 6.04 Å². The third-order valence-corrected chi connectivity index (χ3v) is 3.11. The average Bonchev–Trinajstić information content (AvgIpc) is 2.47. The predicted molar refractivity (Wildman–Crippen MR) is 86.1 cm³/mol. The summed E-state index contributed by atoms with van der Waals surface area (Å²) in [4.78, 5) is 23.4. The molecule has 0 bridgehead atoms. The zero-order chi connectivity index (χ0) is 15.0. The van der Waals surface area contributed by atoms with E-state index >= 15 is 0 Å². The van der Waals surface area contributed by atoms with Crippen LogP contribution in [0.15, 0.2) is 30.3 Å². The summed E-state index contributed by atoms with van der Waals surface area (Å²) in [5.41, 5.74) is 6.60. The molecule has 0 saturated heterocycles. The third kappa shape index (κ3) is 7.11. The highest BCUT2D eigenvalue weighted by atomic mass is 35.5. The number of nitrogens with two attached hydrogens (primary N) is 1. The molecule has 2 unspecified atom stereocenters. The molecule has 0 radical (unpaired) electrons. The molecule has 0 saturated carbocycles. The van der Waals surface area contributed by atoms with Crippen molar-refractivity contribution in [2.24, 2.45) is 5.73 Å². The van der Waals surface area contributed by atoms with Crippen LogP contribution in [0.1, 0.15) is 38.3 Å². The van der Waals surface area contributed by atoms with Crippen LogP contribution in [-0.4, -0.2) is 24.4 Å². The van der Waals surface area contributed by atoms with Gasteiger partial charge >= 0.3 is 0 Å². The molecule has 2 amide bonds. The lowest BCUT2D eigenvalue weighted by molar-refractivity contribution is -0.123. The van der Waals surface area contributed by atoms with Crippen LogP contribution >= 0.6 is 12.4 Å². The second-order valence-corrected chi connectivity index (χ2v) is 4.81. The van der Waals surface area contributed by atoms with Gasteiger partial charge in [0, 0.05) is 19.0 Å². The summed E-state index contributed by atoms with van der Waals surface area (Å²) in [5, 5.41) is 5.52. The second-order valence-electron chi connectivity index (χ2n) is 4.81. The van der Waals surface area contributed by atoms with Crippen LogP contribution in [0.2, 0.25) is 0 Å². The first kappa shape index (κ1) is 19.4. The number of hydrogen-bond acceptors (Lipinski definition) is 3. The topological polar surface area (TPSA) is 84.2 Å². The van der Waals surface area contributed by atoms with Crippen molar-refractivity contribution in [3.05, 3.63) is 35.9 Å². The minimum atomic E-state index is -0.700. The maximum atomic E-state index is 11.8. The van der Waals surface area contributed by atoms with E-state index in [1.807, 2.05) is 32.0 Å². The Morgan fingerprint density at radius 1 is 1.24 bits per heavy atom. The van der Waals surface area contributed by atoms with Gasteiger partial charge in [0.25, 0.3) is 0 Å². The van der Waals surface area contributed by atoms with Gasteiger partial charge in [0.05, 0.1) is 0 Å². The van der Waals surface area contributed by atoms with Crippen molar-refractivity contribution < 1.29 is 9.59 Å². The maximum Gasteiger partial charge on any atom is 0.241 e. The largest absolute Gasteiger partial charge is 0.354 e. The summed E-state index contributed by atoms with van der Waals surface area (Å²) in [6.07, 6.45) is 1.15. The van der Waals surface area contributed by atoms with E-state index < -0.39 is 6.04 Å². The van der Waals surface area contributed by atoms with E-state index in [9.17, 15) is 9.59 Å². The first-order chi connectivity index (χ1) is 9.54. The van der Waals surface area contributed by atoms with Crippen molar-refractivity contribution in [1.29, 1.82) is 0 Å². The fourth-order valence-corrected chi connectivity index (χ4v) is 1.67. The molecule has 4 N–H and O–H groups in total. The first-order valence-corrected chi connectivity index (χ1v) is 6.92. The van der Waals surface area contributed by atoms with E-state index in [1.54, 1.807) is 12.1 Å². The molecule has 6 heteroatoms. The SMILES string of the molecule is CCC(C)NC(=O)CCNC(=O)C(N)c1ccccc1.Cl. The van der Waals surface area contributed by atoms with Gasteiger partial charge in [0.2, 0.25) is 11.8 Å². The summed E-state index contributed by atoms with van der Waals surface area (Å²) < 4.78 is 0. The molecule has 0 aliphatic heterocycles. The highest BCUT2D eigenvalue weighted by molar-refractivity contribution is 5.85. The highest BCUT2D eigenvalue weighted by Crippen LogP contribution is 2.08. The molecule has 0 aliphatic carbocycles. The molecule has 1 rings (SSSR count). The summed E-state index contributed by atoms with van der Waals surface area (Å²) in [5.74, 6) is -0.333. The number of amides is 2. The Morgan fingerprint density at radius 3 is 2.43 bits per heavy atom. The Morgan fingerprint density at radius 2 is 1.86 bits per heavy atom. The molecule has 118 valence electrons. The Hall–Kier alpha value is -1.59. The lowest BCUT2D eigenvalue weighted by Crippen LogP contribution is -2.38. The van der Waals surface area contributed by atoms with E-state index in [-0.39, 0.29) is 36.7 Å². The van der Waals surface area contributed by atoms with E-state index in [0.29, 0.717) is 6.54 Å². The molecule has 2 atom stereocenters. The van der Waals surface area contributed by atoms with E-state index in [0.717, 1.165) is 12.0 Å². The fraction of sp³-hybridized carbons (Fsp3) is 0.467. The quantitative estimate of drug-likeness (QED) is 0.713. The van der Waals surface area contributed by atoms with Crippen molar-refractivity contribution in [3.63, 3.8) is 0 Å². The van der Waals surface area contributed by atoms with Gasteiger partial charge in [-0.2, -0.15) is 0 Å². The average molecular weight is 314 g/mol. The third-order valence-electron chi connectivity index (χ3n) is 3.11. The number of halogens is 1. The minimum absolute atomic E-state index is 0. The fourth-order valence-electron chi connectivity index (χ4n) is 1.67. The van der Waals surface area contributed by atoms with Crippen LogP contribution in [0.4, 0.5) is 0 Å². The van der Waals surface area contributed by atoms with Crippen LogP contribution < -0.4 is 16.4 Å². The van der Waals surface area contributed by atoms with Gasteiger partial charge in [0.15, 0.2) is 0 Å². The van der Waals surface area contributed by atoms with Crippen molar-refractivity contribution in [2.75, 3.05) is 6.54 Å². The van der Waals surface area contributed by atoms with E-state index in [2.05, 4.69) is 10.6 Å². The number of nitrogens with one attached hydrogen (secondary N) is 2. The number of hydrogen-bond donors (Lipinski definition) is 3. The lowest BCUT2D eigenvalue weighted by Gasteiger charge is -2.14. The number of carbonyl (C=O) groups excluding carboxylic acids is 2. The van der Waals surface area contributed by atoms with Crippen LogP contribution in [0.3, 0.4) is 0 Å². The predicted octanol–water partition coefficient (Wildman–Crippen LogP) is 1.53. The molecule has 21 heavy (non-hydrogen) atoms. The van der Waals surface area contributed by atoms with Gasteiger partial charge < -0.3 is 16.4 Å². The van der Waals surface area contributed by atoms with Crippen molar-refractivity contribution in [2.45, 2.75) is 38.8 Å². The molecule has 0 aliphatic rings. The van der Waals surface area contributed by atoms with Crippen LogP contribution in [-0.2, 0) is 9.59 Å². The van der Waals surface area contributed by atoms with Gasteiger partial charge in [-0.25, -0.2) is 0 Å². The Balaban J connectivity index is 0.00000400. The summed E-state index contributed by atoms with van der Waals surface area (Å²) in [6.45, 7) is 4.25. The summed E-state index contributed by atoms with van der Waals surface area (Å²) in [6, 6.07) is 8.61. The molecule has 0 heterocycles. The van der Waals surface area contributed by atoms with Crippen molar-refractivity contribution in [1.82, 2.24) is 10.6 Å². The van der Waals surface area contributed by atoms with Crippen LogP contribution in [0.25, 0.3) is 0 Å². The smallest absolute Gasteiger partial charge is 0.241 e. The van der Waals surface area contributed by atoms with Crippen LogP contribution in [0, 0.1) is 0 Å². The van der Waals surface area contributed by atoms with Gasteiger partial charge in [-0.1, -0.05) is 37.3 Å². The van der Waals surface area contributed by atoms with Crippen molar-refractivity contribution >= 4 is 24.2 Å². The standard InChI is InChI=1S/C15H23N3O2.ClH/c1-3-11(2)18-13(19)9-10-17-15(20)14(16)12-7-5-4-6-8-12;/h4-8,11,14H,3,9-10,16H2,1-2H3,(H,17,20)(H,18,19);1H.